The quantitative estimate of drug-likeness (QED) is 0.554. The van der Waals surface area contributed by atoms with Crippen LogP contribution < -0.4 is 4.90 Å². The molecule has 1 aromatic rings. The van der Waals surface area contributed by atoms with Gasteiger partial charge in [-0.3, -0.25) is 4.57 Å². The highest BCUT2D eigenvalue weighted by Gasteiger charge is 2.22. The van der Waals surface area contributed by atoms with Gasteiger partial charge >= 0.3 is 0 Å². The predicted octanol–water partition coefficient (Wildman–Crippen LogP) is 2.82. The van der Waals surface area contributed by atoms with Crippen molar-refractivity contribution >= 4 is 17.7 Å². The molecule has 1 saturated carbocycles. The maximum atomic E-state index is 6.11. The van der Waals surface area contributed by atoms with E-state index in [-0.39, 0.29) is 0 Å². The Hall–Kier alpha value is -0.790. The van der Waals surface area contributed by atoms with E-state index < -0.39 is 0 Å². The molecule has 1 aliphatic carbocycles. The molecule has 6 nitrogen and oxygen atoms in total. The Kier molecular flexibility index (Phi) is 6.80. The van der Waals surface area contributed by atoms with Crippen LogP contribution in [-0.4, -0.2) is 59.5 Å². The van der Waals surface area contributed by atoms with Crippen LogP contribution in [0.25, 0.3) is 0 Å². The highest BCUT2D eigenvalue weighted by Crippen LogP contribution is 2.27. The van der Waals surface area contributed by atoms with Gasteiger partial charge < -0.3 is 14.4 Å². The maximum Gasteiger partial charge on any atom is 0.228 e. The van der Waals surface area contributed by atoms with Crippen molar-refractivity contribution < 1.29 is 9.47 Å². The Morgan fingerprint density at radius 2 is 2.00 bits per heavy atom. The van der Waals surface area contributed by atoms with Gasteiger partial charge in [-0.25, -0.2) is 0 Å². The van der Waals surface area contributed by atoms with E-state index in [9.17, 15) is 0 Å². The summed E-state index contributed by atoms with van der Waals surface area (Å²) in [6, 6.07) is 0. The number of nitrogens with zero attached hydrogens (tertiary/aromatic N) is 4. The molecule has 0 radical (unpaired) electrons. The highest BCUT2D eigenvalue weighted by molar-refractivity contribution is 7.99. The molecule has 2 fully saturated rings. The van der Waals surface area contributed by atoms with Crippen LogP contribution in [0.4, 0.5) is 5.95 Å². The standard InChI is InChI=1S/C17H30N4O2S/c1-3-21-16(20-8-10-22-11-9-20)18-19-17(21)24-13-12-23-15-7-5-4-6-14(15)2/h14-15H,3-13H2,1-2H3. The lowest BCUT2D eigenvalue weighted by atomic mass is 9.88. The summed E-state index contributed by atoms with van der Waals surface area (Å²) >= 11 is 1.75. The Balaban J connectivity index is 1.49. The van der Waals surface area contributed by atoms with Crippen molar-refractivity contribution in [3.8, 4) is 0 Å². The second kappa shape index (κ2) is 9.06. The van der Waals surface area contributed by atoms with Gasteiger partial charge in [0.1, 0.15) is 0 Å². The van der Waals surface area contributed by atoms with Crippen molar-refractivity contribution in [3.05, 3.63) is 0 Å². The lowest BCUT2D eigenvalue weighted by Crippen LogP contribution is -2.38. The van der Waals surface area contributed by atoms with Crippen molar-refractivity contribution in [3.63, 3.8) is 0 Å². The van der Waals surface area contributed by atoms with Gasteiger partial charge in [0.25, 0.3) is 0 Å². The molecule has 2 unspecified atom stereocenters. The van der Waals surface area contributed by atoms with Crippen molar-refractivity contribution in [1.29, 1.82) is 0 Å². The molecule has 7 heteroatoms. The molecule has 1 saturated heterocycles. The molecule has 3 rings (SSSR count). The smallest absolute Gasteiger partial charge is 0.228 e. The fraction of sp³-hybridized carbons (Fsp3) is 0.882. The SMILES string of the molecule is CCn1c(SCCOC2CCCCC2C)nnc1N1CCOCC1. The largest absolute Gasteiger partial charge is 0.378 e. The van der Waals surface area contributed by atoms with Gasteiger partial charge in [0, 0.05) is 25.4 Å². The van der Waals surface area contributed by atoms with Crippen molar-refractivity contribution in [2.24, 2.45) is 5.92 Å². The number of thioether (sulfide) groups is 1. The van der Waals surface area contributed by atoms with Gasteiger partial charge in [0.05, 0.1) is 25.9 Å². The first-order chi connectivity index (χ1) is 11.8. The van der Waals surface area contributed by atoms with Crippen LogP contribution in [0.2, 0.25) is 0 Å². The number of ether oxygens (including phenoxy) is 2. The molecule has 2 heterocycles. The summed E-state index contributed by atoms with van der Waals surface area (Å²) in [6.07, 6.45) is 5.66. The summed E-state index contributed by atoms with van der Waals surface area (Å²) in [5.74, 6) is 2.62. The minimum atomic E-state index is 0.451. The molecular weight excluding hydrogens is 324 g/mol. The van der Waals surface area contributed by atoms with Crippen LogP contribution in [0, 0.1) is 5.92 Å². The summed E-state index contributed by atoms with van der Waals surface area (Å²) in [5, 5.41) is 9.81. The van der Waals surface area contributed by atoms with E-state index in [2.05, 4.69) is 33.5 Å². The summed E-state index contributed by atoms with van der Waals surface area (Å²) in [6.45, 7) is 9.48. The monoisotopic (exact) mass is 354 g/mol. The van der Waals surface area contributed by atoms with E-state index in [1.807, 2.05) is 0 Å². The molecule has 24 heavy (non-hydrogen) atoms. The lowest BCUT2D eigenvalue weighted by Gasteiger charge is -2.28. The van der Waals surface area contributed by atoms with Crippen LogP contribution in [0.15, 0.2) is 5.16 Å². The highest BCUT2D eigenvalue weighted by atomic mass is 32.2. The van der Waals surface area contributed by atoms with Crippen molar-refractivity contribution in [1.82, 2.24) is 14.8 Å². The third kappa shape index (κ3) is 4.43. The number of aromatic nitrogens is 3. The number of rotatable bonds is 7. The van der Waals surface area contributed by atoms with Crippen LogP contribution in [0.5, 0.6) is 0 Å². The number of morpholine rings is 1. The van der Waals surface area contributed by atoms with Gasteiger partial charge in [0.15, 0.2) is 5.16 Å². The molecule has 0 spiro atoms. The third-order valence-corrected chi connectivity index (χ3v) is 5.92. The summed E-state index contributed by atoms with van der Waals surface area (Å²) < 4.78 is 13.7. The second-order valence-corrected chi connectivity index (χ2v) is 7.71. The van der Waals surface area contributed by atoms with E-state index in [0.717, 1.165) is 56.3 Å². The van der Waals surface area contributed by atoms with E-state index in [1.165, 1.54) is 25.7 Å². The Bertz CT molecular complexity index is 505. The van der Waals surface area contributed by atoms with E-state index in [1.54, 1.807) is 11.8 Å². The van der Waals surface area contributed by atoms with Crippen molar-refractivity contribution in [2.45, 2.75) is 57.3 Å². The van der Waals surface area contributed by atoms with E-state index in [4.69, 9.17) is 9.47 Å². The molecule has 1 aliphatic heterocycles. The topological polar surface area (TPSA) is 52.4 Å². The molecular formula is C17H30N4O2S. The molecule has 0 N–H and O–H groups in total. The Labute approximate surface area is 149 Å². The summed E-state index contributed by atoms with van der Waals surface area (Å²) in [4.78, 5) is 2.27. The van der Waals surface area contributed by atoms with E-state index in [0.29, 0.717) is 12.0 Å². The van der Waals surface area contributed by atoms with Gasteiger partial charge in [0.2, 0.25) is 5.95 Å². The average Bonchev–Trinajstić information content (AvgIpc) is 3.04. The third-order valence-electron chi connectivity index (χ3n) is 4.99. The molecule has 0 bridgehead atoms. The zero-order valence-electron chi connectivity index (χ0n) is 14.9. The Morgan fingerprint density at radius 1 is 1.21 bits per heavy atom. The van der Waals surface area contributed by atoms with Crippen LogP contribution in [0.3, 0.4) is 0 Å². The van der Waals surface area contributed by atoms with E-state index >= 15 is 0 Å². The molecule has 0 amide bonds. The van der Waals surface area contributed by atoms with Crippen LogP contribution in [-0.2, 0) is 16.0 Å². The zero-order valence-corrected chi connectivity index (χ0v) is 15.8. The molecule has 2 aliphatic rings. The second-order valence-electron chi connectivity index (χ2n) is 6.65. The molecule has 0 aromatic carbocycles. The zero-order chi connectivity index (χ0) is 16.8. The number of hydrogen-bond acceptors (Lipinski definition) is 6. The lowest BCUT2D eigenvalue weighted by molar-refractivity contribution is 0.00345. The predicted molar refractivity (Wildman–Crippen MR) is 96.8 cm³/mol. The average molecular weight is 355 g/mol. The molecule has 1 aromatic heterocycles. The fourth-order valence-electron chi connectivity index (χ4n) is 3.52. The number of hydrogen-bond donors (Lipinski definition) is 0. The van der Waals surface area contributed by atoms with Crippen molar-refractivity contribution in [2.75, 3.05) is 43.6 Å². The number of anilines is 1. The van der Waals surface area contributed by atoms with Gasteiger partial charge in [-0.2, -0.15) is 0 Å². The minimum absolute atomic E-state index is 0.451. The fourth-order valence-corrected chi connectivity index (χ4v) is 4.35. The molecule has 136 valence electrons. The first-order valence-corrected chi connectivity index (χ1v) is 10.3. The first-order valence-electron chi connectivity index (χ1n) is 9.30. The van der Waals surface area contributed by atoms with Gasteiger partial charge in [-0.1, -0.05) is 31.5 Å². The molecule has 2 atom stereocenters. The van der Waals surface area contributed by atoms with Crippen LogP contribution in [0.1, 0.15) is 39.5 Å². The Morgan fingerprint density at radius 3 is 2.75 bits per heavy atom. The van der Waals surface area contributed by atoms with Gasteiger partial charge in [-0.05, 0) is 25.7 Å². The summed E-state index contributed by atoms with van der Waals surface area (Å²) in [7, 11) is 0. The maximum absolute atomic E-state index is 6.11. The first kappa shape index (κ1) is 18.0. The van der Waals surface area contributed by atoms with Crippen LogP contribution >= 0.6 is 11.8 Å². The minimum Gasteiger partial charge on any atom is -0.378 e. The van der Waals surface area contributed by atoms with Gasteiger partial charge in [-0.15, -0.1) is 10.2 Å². The summed E-state index contributed by atoms with van der Waals surface area (Å²) in [5.41, 5.74) is 0. The normalized spacial score (nSPS) is 25.2.